The van der Waals surface area contributed by atoms with Crippen LogP contribution in [0.2, 0.25) is 5.15 Å². The van der Waals surface area contributed by atoms with Crippen LogP contribution in [0, 0.1) is 6.92 Å². The quantitative estimate of drug-likeness (QED) is 0.905. The predicted octanol–water partition coefficient (Wildman–Crippen LogP) is 3.96. The second kappa shape index (κ2) is 5.35. The topological polar surface area (TPSA) is 56.2 Å². The molecule has 1 N–H and O–H groups in total. The number of aromatic nitrogens is 2. The van der Waals surface area contributed by atoms with Crippen molar-refractivity contribution >= 4 is 23.2 Å². The van der Waals surface area contributed by atoms with Gasteiger partial charge in [-0.05, 0) is 39.3 Å². The van der Waals surface area contributed by atoms with E-state index in [1.165, 1.54) is 4.68 Å². The summed E-state index contributed by atoms with van der Waals surface area (Å²) in [6.07, 6.45) is -0.0815. The van der Waals surface area contributed by atoms with E-state index in [1.54, 1.807) is 14.0 Å². The van der Waals surface area contributed by atoms with Crippen LogP contribution >= 0.6 is 11.6 Å². The molecule has 0 radical (unpaired) electrons. The standard InChI is InChI=1S/C17H20ClN3O2/c1-9-13(15(18)21(5)20-9)16(22)19-12-8-6-7-11-14(12)10(2)23-17(11,3)4/h6-8,10H,1-5H3,(H,19,22). The molecular weight excluding hydrogens is 314 g/mol. The molecular formula is C17H20ClN3O2. The highest BCUT2D eigenvalue weighted by atomic mass is 35.5. The van der Waals surface area contributed by atoms with E-state index in [4.69, 9.17) is 16.3 Å². The van der Waals surface area contributed by atoms with Crippen LogP contribution in [0.3, 0.4) is 0 Å². The summed E-state index contributed by atoms with van der Waals surface area (Å²) in [6.45, 7) is 7.82. The molecule has 0 fully saturated rings. The third-order valence-corrected chi connectivity index (χ3v) is 4.69. The smallest absolute Gasteiger partial charge is 0.260 e. The number of hydrogen-bond acceptors (Lipinski definition) is 3. The Balaban J connectivity index is 1.99. The number of halogens is 1. The Bertz CT molecular complexity index is 795. The molecule has 1 aliphatic rings. The van der Waals surface area contributed by atoms with Crippen LogP contribution in [0.15, 0.2) is 18.2 Å². The van der Waals surface area contributed by atoms with Crippen molar-refractivity contribution in [2.45, 2.75) is 39.4 Å². The van der Waals surface area contributed by atoms with Gasteiger partial charge in [0.2, 0.25) is 0 Å². The molecule has 0 saturated heterocycles. The molecule has 6 heteroatoms. The first-order chi connectivity index (χ1) is 10.7. The minimum Gasteiger partial charge on any atom is -0.363 e. The minimum atomic E-state index is -0.364. The van der Waals surface area contributed by atoms with Crippen molar-refractivity contribution in [2.24, 2.45) is 7.05 Å². The lowest BCUT2D eigenvalue weighted by Gasteiger charge is -2.19. The Morgan fingerprint density at radius 3 is 2.74 bits per heavy atom. The third kappa shape index (κ3) is 2.54. The molecule has 1 aromatic heterocycles. The van der Waals surface area contributed by atoms with Gasteiger partial charge in [-0.1, -0.05) is 23.7 Å². The monoisotopic (exact) mass is 333 g/mol. The van der Waals surface area contributed by atoms with Crippen molar-refractivity contribution in [1.29, 1.82) is 0 Å². The molecule has 122 valence electrons. The number of ether oxygens (including phenoxy) is 1. The molecule has 1 atom stereocenters. The van der Waals surface area contributed by atoms with Gasteiger partial charge in [0.15, 0.2) is 0 Å². The lowest BCUT2D eigenvalue weighted by molar-refractivity contribution is -0.0433. The third-order valence-electron chi connectivity index (χ3n) is 4.26. The van der Waals surface area contributed by atoms with Crippen molar-refractivity contribution in [3.05, 3.63) is 45.7 Å². The number of anilines is 1. The number of aryl methyl sites for hydroxylation is 2. The first-order valence-corrected chi connectivity index (χ1v) is 7.92. The summed E-state index contributed by atoms with van der Waals surface area (Å²) in [5.74, 6) is -0.258. The molecule has 2 aromatic rings. The summed E-state index contributed by atoms with van der Waals surface area (Å²) in [7, 11) is 1.71. The van der Waals surface area contributed by atoms with Crippen LogP contribution in [0.4, 0.5) is 5.69 Å². The molecule has 23 heavy (non-hydrogen) atoms. The summed E-state index contributed by atoms with van der Waals surface area (Å²) in [4.78, 5) is 12.6. The number of nitrogens with one attached hydrogen (secondary N) is 1. The average Bonchev–Trinajstić information content (AvgIpc) is 2.84. The zero-order valence-electron chi connectivity index (χ0n) is 13.9. The van der Waals surface area contributed by atoms with E-state index in [0.717, 1.165) is 16.8 Å². The Hall–Kier alpha value is -1.85. The fourth-order valence-electron chi connectivity index (χ4n) is 3.27. The SMILES string of the molecule is Cc1nn(C)c(Cl)c1C(=O)Nc1cccc2c1C(C)OC2(C)C. The number of carbonyl (C=O) groups excluding carboxylic acids is 1. The molecule has 0 saturated carbocycles. The molecule has 0 aliphatic carbocycles. The number of benzene rings is 1. The van der Waals surface area contributed by atoms with Crippen molar-refractivity contribution < 1.29 is 9.53 Å². The normalized spacial score (nSPS) is 18.8. The molecule has 3 rings (SSSR count). The van der Waals surface area contributed by atoms with E-state index >= 15 is 0 Å². The van der Waals surface area contributed by atoms with E-state index in [0.29, 0.717) is 16.4 Å². The van der Waals surface area contributed by atoms with Gasteiger partial charge in [0.05, 0.1) is 23.0 Å². The fraction of sp³-hybridized carbons (Fsp3) is 0.412. The van der Waals surface area contributed by atoms with Crippen LogP contribution in [-0.4, -0.2) is 15.7 Å². The summed E-state index contributed by atoms with van der Waals surface area (Å²) in [6, 6.07) is 5.85. The van der Waals surface area contributed by atoms with Gasteiger partial charge in [-0.15, -0.1) is 0 Å². The summed E-state index contributed by atoms with van der Waals surface area (Å²) in [5.41, 5.74) is 3.51. The highest BCUT2D eigenvalue weighted by molar-refractivity contribution is 6.33. The van der Waals surface area contributed by atoms with Crippen molar-refractivity contribution in [1.82, 2.24) is 9.78 Å². The number of hydrogen-bond donors (Lipinski definition) is 1. The molecule has 0 spiro atoms. The van der Waals surface area contributed by atoms with Crippen LogP contribution in [0.25, 0.3) is 0 Å². The molecule has 1 unspecified atom stereocenters. The van der Waals surface area contributed by atoms with E-state index < -0.39 is 0 Å². The molecule has 1 amide bonds. The predicted molar refractivity (Wildman–Crippen MR) is 89.9 cm³/mol. The Morgan fingerprint density at radius 2 is 2.13 bits per heavy atom. The number of carbonyl (C=O) groups is 1. The van der Waals surface area contributed by atoms with E-state index in [1.807, 2.05) is 39.0 Å². The second-order valence-corrected chi connectivity index (χ2v) is 6.72. The fourth-order valence-corrected chi connectivity index (χ4v) is 3.53. The summed E-state index contributed by atoms with van der Waals surface area (Å²) in [5, 5.41) is 7.48. The van der Waals surface area contributed by atoms with Gasteiger partial charge in [0.1, 0.15) is 5.15 Å². The maximum absolute atomic E-state index is 12.6. The van der Waals surface area contributed by atoms with E-state index in [9.17, 15) is 4.79 Å². The number of rotatable bonds is 2. The lowest BCUT2D eigenvalue weighted by atomic mass is 9.93. The van der Waals surface area contributed by atoms with Crippen LogP contribution in [0.5, 0.6) is 0 Å². The van der Waals surface area contributed by atoms with Crippen LogP contribution < -0.4 is 5.32 Å². The number of nitrogens with zero attached hydrogens (tertiary/aromatic N) is 2. The lowest BCUT2D eigenvalue weighted by Crippen LogP contribution is -2.16. The van der Waals surface area contributed by atoms with Crippen molar-refractivity contribution in [2.75, 3.05) is 5.32 Å². The number of amides is 1. The van der Waals surface area contributed by atoms with Crippen molar-refractivity contribution in [3.8, 4) is 0 Å². The van der Waals surface area contributed by atoms with Gasteiger partial charge in [0, 0.05) is 18.3 Å². The van der Waals surface area contributed by atoms with Gasteiger partial charge in [0.25, 0.3) is 5.91 Å². The second-order valence-electron chi connectivity index (χ2n) is 6.37. The molecule has 1 aromatic carbocycles. The Morgan fingerprint density at radius 1 is 1.43 bits per heavy atom. The minimum absolute atomic E-state index is 0.0815. The Kier molecular flexibility index (Phi) is 3.73. The van der Waals surface area contributed by atoms with E-state index in [-0.39, 0.29) is 17.6 Å². The molecule has 2 heterocycles. The largest absolute Gasteiger partial charge is 0.363 e. The maximum atomic E-state index is 12.6. The molecule has 0 bridgehead atoms. The Labute approximate surface area is 140 Å². The van der Waals surface area contributed by atoms with Gasteiger partial charge >= 0.3 is 0 Å². The maximum Gasteiger partial charge on any atom is 0.260 e. The first-order valence-electron chi connectivity index (χ1n) is 7.54. The first kappa shape index (κ1) is 16.0. The van der Waals surface area contributed by atoms with Gasteiger partial charge in [-0.25, -0.2) is 0 Å². The van der Waals surface area contributed by atoms with Gasteiger partial charge in [-0.2, -0.15) is 5.10 Å². The highest BCUT2D eigenvalue weighted by Gasteiger charge is 2.37. The van der Waals surface area contributed by atoms with Crippen LogP contribution in [0.1, 0.15) is 54.1 Å². The average molecular weight is 334 g/mol. The highest BCUT2D eigenvalue weighted by Crippen LogP contribution is 2.46. The van der Waals surface area contributed by atoms with Crippen molar-refractivity contribution in [3.63, 3.8) is 0 Å². The van der Waals surface area contributed by atoms with E-state index in [2.05, 4.69) is 10.4 Å². The summed E-state index contributed by atoms with van der Waals surface area (Å²) < 4.78 is 7.50. The van der Waals surface area contributed by atoms with Crippen LogP contribution in [-0.2, 0) is 17.4 Å². The zero-order valence-corrected chi connectivity index (χ0v) is 14.7. The molecule has 5 nitrogen and oxygen atoms in total. The zero-order chi connectivity index (χ0) is 16.9. The number of fused-ring (bicyclic) bond motifs is 1. The van der Waals surface area contributed by atoms with Gasteiger partial charge < -0.3 is 10.1 Å². The van der Waals surface area contributed by atoms with Gasteiger partial charge in [-0.3, -0.25) is 9.48 Å². The summed E-state index contributed by atoms with van der Waals surface area (Å²) >= 11 is 6.18. The molecule has 1 aliphatic heterocycles.